The summed E-state index contributed by atoms with van der Waals surface area (Å²) in [4.78, 5) is 22.4. The predicted octanol–water partition coefficient (Wildman–Crippen LogP) is 2.52. The monoisotopic (exact) mass is 363 g/mol. The molecule has 134 valence electrons. The number of carbonyl (C=O) groups is 2. The number of carboxylic acids is 1. The number of rotatable bonds is 6. The van der Waals surface area contributed by atoms with Crippen LogP contribution in [0.4, 0.5) is 0 Å². The molecule has 1 aromatic carbocycles. The zero-order valence-electron chi connectivity index (χ0n) is 14.6. The number of benzene rings is 1. The van der Waals surface area contributed by atoms with E-state index >= 15 is 0 Å². The van der Waals surface area contributed by atoms with Crippen LogP contribution < -0.4 is 10.1 Å². The Morgan fingerprint density at radius 1 is 1.48 bits per heavy atom. The van der Waals surface area contributed by atoms with Crippen LogP contribution in [0.3, 0.4) is 0 Å². The van der Waals surface area contributed by atoms with Gasteiger partial charge in [-0.3, -0.25) is 9.59 Å². The van der Waals surface area contributed by atoms with Crippen molar-refractivity contribution in [1.82, 2.24) is 5.32 Å². The fourth-order valence-corrected chi connectivity index (χ4v) is 3.29. The maximum atomic E-state index is 11.7. The van der Waals surface area contributed by atoms with Crippen LogP contribution in [0.2, 0.25) is 0 Å². The number of aryl methyl sites for hydroxylation is 1. The smallest absolute Gasteiger partial charge is 0.305 e. The minimum Gasteiger partial charge on any atom is -0.496 e. The quantitative estimate of drug-likeness (QED) is 0.597. The summed E-state index contributed by atoms with van der Waals surface area (Å²) in [5.74, 6) is -0.238. The molecular weight excluding hydrogens is 342 g/mol. The third kappa shape index (κ3) is 4.82. The maximum absolute atomic E-state index is 11.7. The van der Waals surface area contributed by atoms with Gasteiger partial charge < -0.3 is 15.2 Å². The number of hydrogen-bond donors (Lipinski definition) is 2. The van der Waals surface area contributed by atoms with Crippen LogP contribution in [-0.4, -0.2) is 40.7 Å². The molecule has 2 rings (SSSR count). The minimum atomic E-state index is -1.02. The molecule has 25 heavy (non-hydrogen) atoms. The average molecular weight is 363 g/mol. The topological polar surface area (TPSA) is 100 Å². The largest absolute Gasteiger partial charge is 0.496 e. The Morgan fingerprint density at radius 3 is 2.80 bits per heavy atom. The van der Waals surface area contributed by atoms with Crippen LogP contribution >= 0.6 is 11.8 Å². The molecule has 1 unspecified atom stereocenters. The van der Waals surface area contributed by atoms with Gasteiger partial charge in [0.2, 0.25) is 5.91 Å². The summed E-state index contributed by atoms with van der Waals surface area (Å²) in [6.07, 6.45) is 1.37. The van der Waals surface area contributed by atoms with Crippen molar-refractivity contribution in [3.05, 3.63) is 28.8 Å². The van der Waals surface area contributed by atoms with Crippen molar-refractivity contribution >= 4 is 35.0 Å². The van der Waals surface area contributed by atoms with E-state index in [9.17, 15) is 9.59 Å². The van der Waals surface area contributed by atoms with E-state index in [4.69, 9.17) is 9.84 Å². The van der Waals surface area contributed by atoms with Gasteiger partial charge in [-0.15, -0.1) is 5.10 Å². The van der Waals surface area contributed by atoms with E-state index in [2.05, 4.69) is 29.4 Å². The highest BCUT2D eigenvalue weighted by atomic mass is 32.2. The Bertz CT molecular complexity index is 744. The van der Waals surface area contributed by atoms with Crippen LogP contribution in [-0.2, 0) is 9.59 Å². The maximum Gasteiger partial charge on any atom is 0.305 e. The summed E-state index contributed by atoms with van der Waals surface area (Å²) in [5, 5.41) is 19.0. The second-order valence-electron chi connectivity index (χ2n) is 5.95. The SMILES string of the molecule is COc1cc(C)c(C=NN=C2NC(=O)C(CC(=O)O)S2)cc1C(C)C. The first-order valence-electron chi connectivity index (χ1n) is 7.80. The minimum absolute atomic E-state index is 0.241. The van der Waals surface area contributed by atoms with E-state index in [0.717, 1.165) is 34.2 Å². The lowest BCUT2D eigenvalue weighted by Gasteiger charge is -2.14. The van der Waals surface area contributed by atoms with E-state index in [1.807, 2.05) is 19.1 Å². The number of ether oxygens (including phenoxy) is 1. The summed E-state index contributed by atoms with van der Waals surface area (Å²) in [6, 6.07) is 3.97. The lowest BCUT2D eigenvalue weighted by Crippen LogP contribution is -2.26. The molecule has 1 aromatic rings. The Kier molecular flexibility index (Phi) is 6.19. The van der Waals surface area contributed by atoms with E-state index in [0.29, 0.717) is 11.1 Å². The molecule has 0 bridgehead atoms. The standard InChI is InChI=1S/C17H21N3O4S/c1-9(2)12-6-11(10(3)5-13(12)24-4)8-18-20-17-19-16(23)14(25-17)7-15(21)22/h5-6,8-9,14H,7H2,1-4H3,(H,21,22)(H,19,20,23). The fraction of sp³-hybridized carbons (Fsp3) is 0.412. The fourth-order valence-electron chi connectivity index (χ4n) is 2.37. The third-order valence-corrected chi connectivity index (χ3v) is 4.79. The number of aliphatic carboxylic acids is 1. The summed E-state index contributed by atoms with van der Waals surface area (Å²) < 4.78 is 5.41. The van der Waals surface area contributed by atoms with Crippen molar-refractivity contribution in [3.8, 4) is 5.75 Å². The van der Waals surface area contributed by atoms with Crippen molar-refractivity contribution in [3.63, 3.8) is 0 Å². The molecule has 1 aliphatic heterocycles. The molecule has 0 saturated carbocycles. The van der Waals surface area contributed by atoms with E-state index in [-0.39, 0.29) is 12.3 Å². The molecular formula is C17H21N3O4S. The zero-order valence-corrected chi connectivity index (χ0v) is 15.4. The van der Waals surface area contributed by atoms with Crippen LogP contribution in [0.15, 0.2) is 22.3 Å². The molecule has 0 radical (unpaired) electrons. The molecule has 1 heterocycles. The highest BCUT2D eigenvalue weighted by Gasteiger charge is 2.32. The van der Waals surface area contributed by atoms with E-state index in [1.165, 1.54) is 0 Å². The first kappa shape index (κ1) is 19.0. The number of thioether (sulfide) groups is 1. The molecule has 0 aromatic heterocycles. The van der Waals surface area contributed by atoms with Crippen molar-refractivity contribution in [2.24, 2.45) is 10.2 Å². The van der Waals surface area contributed by atoms with Gasteiger partial charge in [0.1, 0.15) is 11.0 Å². The Hall–Kier alpha value is -2.35. The molecule has 1 amide bonds. The number of carboxylic acid groups (broad SMARTS) is 1. The van der Waals surface area contributed by atoms with Gasteiger partial charge in [-0.05, 0) is 41.7 Å². The van der Waals surface area contributed by atoms with Gasteiger partial charge in [-0.25, -0.2) is 0 Å². The highest BCUT2D eigenvalue weighted by molar-refractivity contribution is 8.15. The van der Waals surface area contributed by atoms with Gasteiger partial charge >= 0.3 is 5.97 Å². The predicted molar refractivity (Wildman–Crippen MR) is 98.6 cm³/mol. The molecule has 1 aliphatic rings. The van der Waals surface area contributed by atoms with Gasteiger partial charge in [-0.2, -0.15) is 5.10 Å². The zero-order chi connectivity index (χ0) is 18.6. The van der Waals surface area contributed by atoms with Gasteiger partial charge in [0.05, 0.1) is 19.7 Å². The number of amides is 1. The summed E-state index contributed by atoms with van der Waals surface area (Å²) in [6.45, 7) is 6.12. The van der Waals surface area contributed by atoms with Crippen LogP contribution in [0.25, 0.3) is 0 Å². The van der Waals surface area contributed by atoms with Crippen molar-refractivity contribution in [2.75, 3.05) is 7.11 Å². The third-order valence-electron chi connectivity index (χ3n) is 3.72. The van der Waals surface area contributed by atoms with Crippen LogP contribution in [0.5, 0.6) is 5.75 Å². The van der Waals surface area contributed by atoms with Crippen LogP contribution in [0.1, 0.15) is 42.9 Å². The number of amidine groups is 1. The number of nitrogens with one attached hydrogen (secondary N) is 1. The number of hydrogen-bond acceptors (Lipinski definition) is 6. The summed E-state index contributed by atoms with van der Waals surface area (Å²) in [5.41, 5.74) is 2.98. The molecule has 1 atom stereocenters. The first-order valence-corrected chi connectivity index (χ1v) is 8.68. The van der Waals surface area contributed by atoms with Gasteiger partial charge in [-0.1, -0.05) is 25.6 Å². The number of carbonyl (C=O) groups excluding carboxylic acids is 1. The second kappa shape index (κ2) is 8.15. The lowest BCUT2D eigenvalue weighted by atomic mass is 9.97. The Balaban J connectivity index is 2.16. The van der Waals surface area contributed by atoms with Crippen molar-refractivity contribution in [2.45, 2.75) is 38.4 Å². The second-order valence-corrected chi connectivity index (χ2v) is 7.14. The summed E-state index contributed by atoms with van der Waals surface area (Å²) >= 11 is 1.08. The van der Waals surface area contributed by atoms with E-state index < -0.39 is 11.2 Å². The Labute approximate surface area is 150 Å². The van der Waals surface area contributed by atoms with E-state index in [1.54, 1.807) is 13.3 Å². The molecule has 1 saturated heterocycles. The number of nitrogens with zero attached hydrogens (tertiary/aromatic N) is 2. The van der Waals surface area contributed by atoms with Crippen molar-refractivity contribution < 1.29 is 19.4 Å². The normalized spacial score (nSPS) is 19.0. The van der Waals surface area contributed by atoms with Gasteiger partial charge in [0.15, 0.2) is 5.17 Å². The molecule has 0 aliphatic carbocycles. The average Bonchev–Trinajstić information content (AvgIpc) is 2.87. The van der Waals surface area contributed by atoms with Gasteiger partial charge in [0.25, 0.3) is 0 Å². The molecule has 0 spiro atoms. The highest BCUT2D eigenvalue weighted by Crippen LogP contribution is 2.29. The molecule has 2 N–H and O–H groups in total. The van der Waals surface area contributed by atoms with Crippen LogP contribution in [0, 0.1) is 6.92 Å². The van der Waals surface area contributed by atoms with Gasteiger partial charge in [0, 0.05) is 0 Å². The lowest BCUT2D eigenvalue weighted by molar-refractivity contribution is -0.138. The summed E-state index contributed by atoms with van der Waals surface area (Å²) in [7, 11) is 1.65. The molecule has 8 heteroatoms. The number of methoxy groups -OCH3 is 1. The first-order chi connectivity index (χ1) is 11.8. The van der Waals surface area contributed by atoms with Crippen molar-refractivity contribution in [1.29, 1.82) is 0 Å². The Morgan fingerprint density at radius 2 is 2.20 bits per heavy atom. The molecule has 1 fully saturated rings. The molecule has 7 nitrogen and oxygen atoms in total.